The number of hydrogen-bond donors (Lipinski definition) is 0. The van der Waals surface area contributed by atoms with Crippen molar-refractivity contribution in [2.24, 2.45) is 0 Å². The number of ether oxygens (including phenoxy) is 2. The van der Waals surface area contributed by atoms with Crippen LogP contribution in [0.5, 0.6) is 5.75 Å². The molecule has 1 aromatic heterocycles. The van der Waals surface area contributed by atoms with Gasteiger partial charge in [-0.25, -0.2) is 0 Å². The fraction of sp³-hybridized carbons (Fsp3) is 0.250. The molecule has 4 heteroatoms. The molecule has 1 fully saturated rings. The van der Waals surface area contributed by atoms with Crippen LogP contribution in [0.25, 0.3) is 11.3 Å². The van der Waals surface area contributed by atoms with Crippen LogP contribution >= 0.6 is 0 Å². The van der Waals surface area contributed by atoms with E-state index in [4.69, 9.17) is 14.0 Å². The molecule has 0 spiro atoms. The van der Waals surface area contributed by atoms with Gasteiger partial charge in [0.25, 0.3) is 0 Å². The first kappa shape index (κ1) is 9.42. The summed E-state index contributed by atoms with van der Waals surface area (Å²) in [5, 5.41) is 3.90. The molecule has 0 unspecified atom stereocenters. The van der Waals surface area contributed by atoms with Crippen molar-refractivity contribution in [2.45, 2.75) is 6.10 Å². The Labute approximate surface area is 92.8 Å². The van der Waals surface area contributed by atoms with Gasteiger partial charge in [-0.05, 0) is 12.1 Å². The molecule has 82 valence electrons. The Bertz CT molecular complexity index is 463. The fourth-order valence-corrected chi connectivity index (χ4v) is 1.50. The van der Waals surface area contributed by atoms with Crippen LogP contribution < -0.4 is 4.74 Å². The van der Waals surface area contributed by atoms with Gasteiger partial charge in [0.15, 0.2) is 0 Å². The molecule has 1 aromatic carbocycles. The number of benzene rings is 1. The normalized spacial score (nSPS) is 18.4. The zero-order chi connectivity index (χ0) is 10.8. The molecule has 0 radical (unpaired) electrons. The predicted octanol–water partition coefficient (Wildman–Crippen LogP) is 2.12. The summed E-state index contributed by atoms with van der Waals surface area (Å²) in [5.74, 6) is 0.812. The molecule has 0 amide bonds. The molecule has 2 aromatic rings. The van der Waals surface area contributed by atoms with Crippen molar-refractivity contribution < 1.29 is 14.0 Å². The molecule has 3 rings (SSSR count). The van der Waals surface area contributed by atoms with E-state index in [1.165, 1.54) is 0 Å². The molecule has 2 heterocycles. The molecular formula is C12H11NO3. The lowest BCUT2D eigenvalue weighted by Gasteiger charge is -2.07. The first-order chi connectivity index (χ1) is 7.93. The SMILES string of the molecule is c1ccc(-c2ccon2)c(OC[C@@H]2CO2)c1. The standard InChI is InChI=1S/C12H11NO3/c1-2-4-12(15-8-9-7-14-9)10(3-1)11-5-6-16-13-11/h1-6,9H,7-8H2/t9-/m0/s1. The van der Waals surface area contributed by atoms with Gasteiger partial charge in [0.2, 0.25) is 0 Å². The summed E-state index contributed by atoms with van der Waals surface area (Å²) in [6, 6.07) is 9.58. The Hall–Kier alpha value is -1.81. The number of epoxide rings is 1. The second-order valence-electron chi connectivity index (χ2n) is 3.65. The van der Waals surface area contributed by atoms with Crippen LogP contribution in [-0.2, 0) is 4.74 Å². The van der Waals surface area contributed by atoms with Gasteiger partial charge in [-0.3, -0.25) is 0 Å². The number of rotatable bonds is 4. The smallest absolute Gasteiger partial charge is 0.128 e. The minimum absolute atomic E-state index is 0.255. The summed E-state index contributed by atoms with van der Waals surface area (Å²) in [4.78, 5) is 0. The Morgan fingerprint density at radius 1 is 1.31 bits per heavy atom. The third kappa shape index (κ3) is 1.92. The summed E-state index contributed by atoms with van der Waals surface area (Å²) in [7, 11) is 0. The molecule has 0 N–H and O–H groups in total. The highest BCUT2D eigenvalue weighted by Gasteiger charge is 2.23. The summed E-state index contributed by atoms with van der Waals surface area (Å²) in [6.07, 6.45) is 1.81. The van der Waals surface area contributed by atoms with Crippen molar-refractivity contribution in [3.63, 3.8) is 0 Å². The number of aromatic nitrogens is 1. The molecule has 1 atom stereocenters. The molecule has 1 aliphatic rings. The van der Waals surface area contributed by atoms with E-state index in [2.05, 4.69) is 5.16 Å². The zero-order valence-electron chi connectivity index (χ0n) is 8.63. The van der Waals surface area contributed by atoms with E-state index >= 15 is 0 Å². The number of para-hydroxylation sites is 1. The van der Waals surface area contributed by atoms with E-state index < -0.39 is 0 Å². The lowest BCUT2D eigenvalue weighted by Crippen LogP contribution is -2.04. The highest BCUT2D eigenvalue weighted by atomic mass is 16.6. The van der Waals surface area contributed by atoms with E-state index in [9.17, 15) is 0 Å². The van der Waals surface area contributed by atoms with Crippen molar-refractivity contribution >= 4 is 0 Å². The topological polar surface area (TPSA) is 47.8 Å². The first-order valence-corrected chi connectivity index (χ1v) is 5.17. The van der Waals surface area contributed by atoms with Gasteiger partial charge in [-0.1, -0.05) is 17.3 Å². The van der Waals surface area contributed by atoms with Gasteiger partial charge in [0.1, 0.15) is 30.4 Å². The molecule has 1 aliphatic heterocycles. The van der Waals surface area contributed by atoms with E-state index in [1.807, 2.05) is 30.3 Å². The molecule has 16 heavy (non-hydrogen) atoms. The van der Waals surface area contributed by atoms with Crippen LogP contribution in [0.2, 0.25) is 0 Å². The van der Waals surface area contributed by atoms with Crippen molar-refractivity contribution in [3.8, 4) is 17.0 Å². The quantitative estimate of drug-likeness (QED) is 0.736. The van der Waals surface area contributed by atoms with Crippen LogP contribution in [0.4, 0.5) is 0 Å². The second kappa shape index (κ2) is 3.98. The average molecular weight is 217 g/mol. The highest BCUT2D eigenvalue weighted by Crippen LogP contribution is 2.29. The maximum atomic E-state index is 5.68. The minimum atomic E-state index is 0.255. The lowest BCUT2D eigenvalue weighted by molar-refractivity contribution is 0.263. The van der Waals surface area contributed by atoms with E-state index in [0.29, 0.717) is 6.61 Å². The van der Waals surface area contributed by atoms with Gasteiger partial charge in [-0.2, -0.15) is 0 Å². The van der Waals surface area contributed by atoms with Crippen LogP contribution in [-0.4, -0.2) is 24.5 Å². The van der Waals surface area contributed by atoms with Gasteiger partial charge >= 0.3 is 0 Å². The summed E-state index contributed by atoms with van der Waals surface area (Å²) in [6.45, 7) is 1.39. The predicted molar refractivity (Wildman–Crippen MR) is 57.2 cm³/mol. The number of nitrogens with zero attached hydrogens (tertiary/aromatic N) is 1. The summed E-state index contributed by atoms with van der Waals surface area (Å²) in [5.41, 5.74) is 1.73. The molecule has 0 bridgehead atoms. The maximum Gasteiger partial charge on any atom is 0.128 e. The van der Waals surface area contributed by atoms with Gasteiger partial charge in [-0.15, -0.1) is 0 Å². The largest absolute Gasteiger partial charge is 0.490 e. The van der Waals surface area contributed by atoms with Crippen molar-refractivity contribution in [1.29, 1.82) is 0 Å². The Balaban J connectivity index is 1.85. The zero-order valence-corrected chi connectivity index (χ0v) is 8.63. The third-order valence-electron chi connectivity index (χ3n) is 2.43. The monoisotopic (exact) mass is 217 g/mol. The fourth-order valence-electron chi connectivity index (χ4n) is 1.50. The van der Waals surface area contributed by atoms with E-state index in [-0.39, 0.29) is 6.10 Å². The maximum absolute atomic E-state index is 5.68. The Kier molecular flexibility index (Phi) is 2.34. The van der Waals surface area contributed by atoms with E-state index in [1.54, 1.807) is 6.26 Å². The molecule has 0 saturated carbocycles. The van der Waals surface area contributed by atoms with Crippen molar-refractivity contribution in [2.75, 3.05) is 13.2 Å². The second-order valence-corrected chi connectivity index (χ2v) is 3.65. The molecule has 0 aliphatic carbocycles. The number of hydrogen-bond acceptors (Lipinski definition) is 4. The van der Waals surface area contributed by atoms with E-state index in [0.717, 1.165) is 23.6 Å². The van der Waals surface area contributed by atoms with Crippen LogP contribution in [0.1, 0.15) is 0 Å². The molecular weight excluding hydrogens is 206 g/mol. The summed E-state index contributed by atoms with van der Waals surface area (Å²) >= 11 is 0. The molecule has 1 saturated heterocycles. The van der Waals surface area contributed by atoms with Crippen molar-refractivity contribution in [3.05, 3.63) is 36.6 Å². The van der Waals surface area contributed by atoms with Crippen LogP contribution in [0.15, 0.2) is 41.1 Å². The molecule has 4 nitrogen and oxygen atoms in total. The highest BCUT2D eigenvalue weighted by molar-refractivity contribution is 5.66. The third-order valence-corrected chi connectivity index (χ3v) is 2.43. The Morgan fingerprint density at radius 3 is 2.94 bits per heavy atom. The summed E-state index contributed by atoms with van der Waals surface area (Å²) < 4.78 is 15.6. The van der Waals surface area contributed by atoms with Crippen LogP contribution in [0.3, 0.4) is 0 Å². The average Bonchev–Trinajstić information content (AvgIpc) is 3.00. The van der Waals surface area contributed by atoms with Gasteiger partial charge < -0.3 is 14.0 Å². The lowest BCUT2D eigenvalue weighted by atomic mass is 10.1. The first-order valence-electron chi connectivity index (χ1n) is 5.17. The minimum Gasteiger partial charge on any atom is -0.490 e. The van der Waals surface area contributed by atoms with Gasteiger partial charge in [0.05, 0.1) is 6.61 Å². The van der Waals surface area contributed by atoms with Crippen LogP contribution in [0, 0.1) is 0 Å². The van der Waals surface area contributed by atoms with Gasteiger partial charge in [0, 0.05) is 11.6 Å². The Morgan fingerprint density at radius 2 is 2.19 bits per heavy atom. The van der Waals surface area contributed by atoms with Crippen molar-refractivity contribution in [1.82, 2.24) is 5.16 Å².